The molecular formula is C10H12N3U-. The molecule has 0 saturated heterocycles. The maximum atomic E-state index is 4.30. The van der Waals surface area contributed by atoms with Crippen molar-refractivity contribution >= 4 is 11.0 Å². The molecule has 0 radical (unpaired) electrons. The average molecular weight is 412 g/mol. The Hall–Kier alpha value is -0.328. The molecule has 2 rings (SSSR count). The number of hydrogen-bond acceptors (Lipinski definition) is 2. The molecule has 0 atom stereocenters. The molecule has 0 aliphatic heterocycles. The van der Waals surface area contributed by atoms with E-state index in [4.69, 9.17) is 0 Å². The predicted octanol–water partition coefficient (Wildman–Crippen LogP) is 1.88. The van der Waals surface area contributed by atoms with Crippen molar-refractivity contribution in [3.63, 3.8) is 0 Å². The summed E-state index contributed by atoms with van der Waals surface area (Å²) in [6.45, 7) is 6.42. The summed E-state index contributed by atoms with van der Waals surface area (Å²) in [7, 11) is 0. The number of fused-ring (bicyclic) bond motifs is 1. The van der Waals surface area contributed by atoms with Crippen LogP contribution in [0.3, 0.4) is 0 Å². The molecule has 0 unspecified atom stereocenters. The van der Waals surface area contributed by atoms with Crippen LogP contribution in [0.15, 0.2) is 18.6 Å². The summed E-state index contributed by atoms with van der Waals surface area (Å²) >= 11 is 0. The average Bonchev–Trinajstić information content (AvgIpc) is 2.48. The van der Waals surface area contributed by atoms with Gasteiger partial charge in [-0.2, -0.15) is 0 Å². The van der Waals surface area contributed by atoms with Crippen LogP contribution in [0.1, 0.15) is 26.5 Å². The van der Waals surface area contributed by atoms with Gasteiger partial charge in [0.2, 0.25) is 0 Å². The number of rotatable bonds is 0. The quantitative estimate of drug-likeness (QED) is 0.664. The molecular weight excluding hydrogens is 400 g/mol. The van der Waals surface area contributed by atoms with Gasteiger partial charge in [-0.15, -0.1) is 0 Å². The van der Waals surface area contributed by atoms with Crippen LogP contribution >= 0.6 is 0 Å². The van der Waals surface area contributed by atoms with Gasteiger partial charge in [0.05, 0.1) is 5.69 Å². The molecule has 0 aromatic carbocycles. The molecule has 0 aliphatic carbocycles. The van der Waals surface area contributed by atoms with Gasteiger partial charge in [-0.25, -0.2) is 0 Å². The van der Waals surface area contributed by atoms with Gasteiger partial charge in [0.25, 0.3) is 0 Å². The Morgan fingerprint density at radius 3 is 2.57 bits per heavy atom. The molecule has 0 saturated carbocycles. The van der Waals surface area contributed by atoms with E-state index in [1.54, 1.807) is 12.5 Å². The zero-order valence-corrected chi connectivity index (χ0v) is 12.7. The van der Waals surface area contributed by atoms with Crippen LogP contribution < -0.4 is 4.98 Å². The largest absolute Gasteiger partial charge is 0.442 e. The molecule has 3 nitrogen and oxygen atoms in total. The van der Waals surface area contributed by atoms with Crippen LogP contribution in [0.5, 0.6) is 0 Å². The van der Waals surface area contributed by atoms with E-state index in [2.05, 4.69) is 35.7 Å². The third-order valence-electron chi connectivity index (χ3n) is 2.01. The van der Waals surface area contributed by atoms with E-state index < -0.39 is 0 Å². The van der Waals surface area contributed by atoms with Crippen molar-refractivity contribution in [3.05, 3.63) is 24.3 Å². The van der Waals surface area contributed by atoms with Crippen molar-refractivity contribution in [3.8, 4) is 0 Å². The summed E-state index contributed by atoms with van der Waals surface area (Å²) in [4.78, 5) is 12.5. The molecule has 14 heavy (non-hydrogen) atoms. The topological polar surface area (TPSA) is 39.9 Å². The zero-order chi connectivity index (χ0) is 9.47. The van der Waals surface area contributed by atoms with Crippen molar-refractivity contribution in [2.75, 3.05) is 0 Å². The van der Waals surface area contributed by atoms with Gasteiger partial charge < -0.3 is 9.97 Å². The maximum Gasteiger partial charge on any atom is 0.0523 e. The monoisotopic (exact) mass is 412 g/mol. The van der Waals surface area contributed by atoms with Crippen molar-refractivity contribution < 1.29 is 31.1 Å². The fraction of sp³-hybridized carbons (Fsp3) is 0.400. The second kappa shape index (κ2) is 4.04. The summed E-state index contributed by atoms with van der Waals surface area (Å²) in [5.41, 5.74) is 1.91. The van der Waals surface area contributed by atoms with Crippen molar-refractivity contribution in [2.24, 2.45) is 0 Å². The van der Waals surface area contributed by atoms with E-state index in [0.29, 0.717) is 0 Å². The van der Waals surface area contributed by atoms with Gasteiger partial charge in [-0.1, -0.05) is 33.0 Å². The van der Waals surface area contributed by atoms with Crippen molar-refractivity contribution in [1.82, 2.24) is 15.0 Å². The van der Waals surface area contributed by atoms with Crippen LogP contribution in [-0.2, 0) is 5.41 Å². The van der Waals surface area contributed by atoms with Crippen LogP contribution in [0, 0.1) is 31.1 Å². The molecule has 0 amide bonds. The Labute approximate surface area is 107 Å². The first-order chi connectivity index (χ1) is 6.09. The minimum absolute atomic E-state index is 0. The number of hydrogen-bond donors (Lipinski definition) is 0. The Morgan fingerprint density at radius 1 is 1.21 bits per heavy atom. The summed E-state index contributed by atoms with van der Waals surface area (Å²) in [5.74, 6) is 0. The van der Waals surface area contributed by atoms with Gasteiger partial charge in [-0.3, -0.25) is 4.98 Å². The normalized spacial score (nSPS) is 11.4. The Morgan fingerprint density at radius 2 is 1.93 bits per heavy atom. The summed E-state index contributed by atoms with van der Waals surface area (Å²) < 4.78 is 0. The molecule has 2 aromatic rings. The Bertz CT molecular complexity index is 428. The second-order valence-electron chi connectivity index (χ2n) is 4.15. The fourth-order valence-corrected chi connectivity index (χ4v) is 1.42. The van der Waals surface area contributed by atoms with E-state index in [9.17, 15) is 0 Å². The molecule has 0 spiro atoms. The molecule has 2 aromatic heterocycles. The minimum atomic E-state index is 0. The van der Waals surface area contributed by atoms with E-state index in [1.165, 1.54) is 0 Å². The molecule has 2 heterocycles. The van der Waals surface area contributed by atoms with Crippen molar-refractivity contribution in [2.45, 2.75) is 26.2 Å². The Kier molecular flexibility index (Phi) is 3.39. The van der Waals surface area contributed by atoms with Gasteiger partial charge in [-0.05, 0) is 11.0 Å². The fourth-order valence-electron chi connectivity index (χ4n) is 1.42. The molecule has 0 aliphatic rings. The minimum Gasteiger partial charge on any atom is -0.442 e. The number of aromatic nitrogens is 3. The van der Waals surface area contributed by atoms with E-state index in [-0.39, 0.29) is 36.5 Å². The maximum absolute atomic E-state index is 4.30. The molecule has 0 fully saturated rings. The van der Waals surface area contributed by atoms with Gasteiger partial charge >= 0.3 is 0 Å². The van der Waals surface area contributed by atoms with Crippen molar-refractivity contribution in [1.29, 1.82) is 0 Å². The van der Waals surface area contributed by atoms with E-state index >= 15 is 0 Å². The van der Waals surface area contributed by atoms with Gasteiger partial charge in [0.1, 0.15) is 0 Å². The molecule has 0 N–H and O–H groups in total. The SMILES string of the molecule is CC(C)(C)c1ncnc2[n-]ccc12.[U]. The van der Waals surface area contributed by atoms with Gasteiger partial charge in [0.15, 0.2) is 0 Å². The van der Waals surface area contributed by atoms with Gasteiger partial charge in [0, 0.05) is 42.9 Å². The summed E-state index contributed by atoms with van der Waals surface area (Å²) in [6.07, 6.45) is 3.35. The number of nitrogens with zero attached hydrogens (tertiary/aromatic N) is 3. The van der Waals surface area contributed by atoms with E-state index in [0.717, 1.165) is 16.7 Å². The third-order valence-corrected chi connectivity index (χ3v) is 2.01. The van der Waals surface area contributed by atoms with Crippen LogP contribution in [0.4, 0.5) is 0 Å². The molecule has 4 heteroatoms. The summed E-state index contributed by atoms with van der Waals surface area (Å²) in [5, 5.41) is 1.06. The van der Waals surface area contributed by atoms with Crippen LogP contribution in [-0.4, -0.2) is 9.97 Å². The molecule has 0 bridgehead atoms. The zero-order valence-electron chi connectivity index (χ0n) is 8.57. The first-order valence-corrected chi connectivity index (χ1v) is 4.32. The molecule has 72 valence electrons. The first-order valence-electron chi connectivity index (χ1n) is 4.32. The Balaban J connectivity index is 0.000000980. The first kappa shape index (κ1) is 11.7. The smallest absolute Gasteiger partial charge is 0.0523 e. The second-order valence-corrected chi connectivity index (χ2v) is 4.15. The summed E-state index contributed by atoms with van der Waals surface area (Å²) in [6, 6.07) is 1.97. The van der Waals surface area contributed by atoms with E-state index in [1.807, 2.05) is 6.07 Å². The standard InChI is InChI=1S/C10H12N3.U/c1-10(2,3)8-7-4-5-11-9(7)13-6-12-8;/h4-6H,1-3H3;/q-1;. The third kappa shape index (κ3) is 2.02. The predicted molar refractivity (Wildman–Crippen MR) is 51.6 cm³/mol. The van der Waals surface area contributed by atoms with Crippen LogP contribution in [0.25, 0.3) is 11.0 Å². The van der Waals surface area contributed by atoms with Crippen LogP contribution in [0.2, 0.25) is 0 Å².